The molecular weight excluding hydrogens is 258 g/mol. The van der Waals surface area contributed by atoms with E-state index in [0.717, 1.165) is 12.8 Å². The third-order valence-corrected chi connectivity index (χ3v) is 4.11. The van der Waals surface area contributed by atoms with E-state index in [1.165, 1.54) is 18.2 Å². The first-order valence-electron chi connectivity index (χ1n) is 6.76. The molecule has 0 aromatic heterocycles. The third-order valence-electron chi connectivity index (χ3n) is 4.11. The molecule has 0 spiro atoms. The van der Waals surface area contributed by atoms with Crippen LogP contribution in [0.15, 0.2) is 18.2 Å². The molecule has 0 radical (unpaired) electrons. The predicted octanol–water partition coefficient (Wildman–Crippen LogP) is 2.44. The lowest BCUT2D eigenvalue weighted by atomic mass is 9.91. The Morgan fingerprint density at radius 2 is 2.15 bits per heavy atom. The zero-order chi connectivity index (χ0) is 14.9. The molecule has 0 aliphatic carbocycles. The van der Waals surface area contributed by atoms with Gasteiger partial charge in [0, 0.05) is 30.4 Å². The molecule has 1 amide bonds. The Morgan fingerprint density at radius 3 is 2.80 bits per heavy atom. The number of hydrogen-bond acceptors (Lipinski definition) is 4. The molecule has 108 valence electrons. The molecule has 6 heteroatoms. The summed E-state index contributed by atoms with van der Waals surface area (Å²) in [5.74, 6) is 0.206. The monoisotopic (exact) mass is 277 g/mol. The molecule has 20 heavy (non-hydrogen) atoms. The van der Waals surface area contributed by atoms with Crippen molar-refractivity contribution in [2.24, 2.45) is 5.92 Å². The van der Waals surface area contributed by atoms with Crippen LogP contribution < -0.4 is 5.73 Å². The van der Waals surface area contributed by atoms with Gasteiger partial charge in [0.2, 0.25) is 0 Å². The summed E-state index contributed by atoms with van der Waals surface area (Å²) in [6.07, 6.45) is 2.04. The van der Waals surface area contributed by atoms with Gasteiger partial charge >= 0.3 is 0 Å². The molecular formula is C14H19N3O3. The molecule has 2 atom stereocenters. The number of nitrogens with zero attached hydrogens (tertiary/aromatic N) is 2. The Morgan fingerprint density at radius 1 is 1.45 bits per heavy atom. The maximum atomic E-state index is 12.6. The molecule has 6 nitrogen and oxygen atoms in total. The van der Waals surface area contributed by atoms with Gasteiger partial charge in [-0.3, -0.25) is 14.9 Å². The summed E-state index contributed by atoms with van der Waals surface area (Å²) < 4.78 is 0. The van der Waals surface area contributed by atoms with Crippen molar-refractivity contribution in [3.63, 3.8) is 0 Å². The molecule has 1 aromatic rings. The predicted molar refractivity (Wildman–Crippen MR) is 76.4 cm³/mol. The average Bonchev–Trinajstić information content (AvgIpc) is 2.41. The number of likely N-dealkylation sites (tertiary alicyclic amines) is 1. The lowest BCUT2D eigenvalue weighted by Gasteiger charge is -2.38. The maximum absolute atomic E-state index is 12.6. The summed E-state index contributed by atoms with van der Waals surface area (Å²) in [5.41, 5.74) is 6.20. The van der Waals surface area contributed by atoms with Crippen molar-refractivity contribution < 1.29 is 9.72 Å². The highest BCUT2D eigenvalue weighted by molar-refractivity contribution is 6.00. The number of nitro groups is 1. The number of hydrogen-bond donors (Lipinski definition) is 1. The second-order valence-corrected chi connectivity index (χ2v) is 5.39. The number of nitrogen functional groups attached to an aromatic ring is 1. The standard InChI is InChI=1S/C14H19N3O3/c1-9-4-3-7-16(10(9)2)14(18)12-8-11(17(19)20)5-6-13(12)15/h5-6,8-10H,3-4,7,15H2,1-2H3. The van der Waals surface area contributed by atoms with Gasteiger partial charge in [-0.05, 0) is 31.7 Å². The summed E-state index contributed by atoms with van der Waals surface area (Å²) in [5, 5.41) is 10.8. The summed E-state index contributed by atoms with van der Waals surface area (Å²) in [6.45, 7) is 4.79. The van der Waals surface area contributed by atoms with Crippen LogP contribution in [0, 0.1) is 16.0 Å². The Hall–Kier alpha value is -2.11. The number of non-ortho nitro benzene ring substituents is 1. The number of amides is 1. The zero-order valence-electron chi connectivity index (χ0n) is 11.7. The van der Waals surface area contributed by atoms with E-state index in [1.54, 1.807) is 4.90 Å². The van der Waals surface area contributed by atoms with E-state index < -0.39 is 4.92 Å². The highest BCUT2D eigenvalue weighted by Crippen LogP contribution is 2.27. The maximum Gasteiger partial charge on any atom is 0.270 e. The third kappa shape index (κ3) is 2.59. The Kier molecular flexibility index (Phi) is 3.92. The number of carbonyl (C=O) groups excluding carboxylic acids is 1. The van der Waals surface area contributed by atoms with Crippen molar-refractivity contribution in [1.82, 2.24) is 4.90 Å². The summed E-state index contributed by atoms with van der Waals surface area (Å²) in [6, 6.07) is 4.12. The first-order valence-corrected chi connectivity index (χ1v) is 6.76. The first-order chi connectivity index (χ1) is 9.41. The number of carbonyl (C=O) groups is 1. The minimum atomic E-state index is -0.515. The largest absolute Gasteiger partial charge is 0.398 e. The fourth-order valence-corrected chi connectivity index (χ4v) is 2.62. The van der Waals surface area contributed by atoms with Gasteiger partial charge in [0.15, 0.2) is 0 Å². The molecule has 1 fully saturated rings. The van der Waals surface area contributed by atoms with Gasteiger partial charge in [0.25, 0.3) is 11.6 Å². The van der Waals surface area contributed by atoms with Gasteiger partial charge in [-0.15, -0.1) is 0 Å². The van der Waals surface area contributed by atoms with Gasteiger partial charge in [0.1, 0.15) is 0 Å². The minimum Gasteiger partial charge on any atom is -0.398 e. The van der Waals surface area contributed by atoms with Crippen molar-refractivity contribution in [2.45, 2.75) is 32.7 Å². The van der Waals surface area contributed by atoms with E-state index in [-0.39, 0.29) is 28.9 Å². The van der Waals surface area contributed by atoms with Crippen LogP contribution in [-0.2, 0) is 0 Å². The molecule has 1 saturated heterocycles. The smallest absolute Gasteiger partial charge is 0.270 e. The molecule has 2 rings (SSSR count). The van der Waals surface area contributed by atoms with E-state index in [4.69, 9.17) is 5.73 Å². The van der Waals surface area contributed by atoms with E-state index in [1.807, 2.05) is 6.92 Å². The molecule has 1 heterocycles. The Bertz CT molecular complexity index is 544. The topological polar surface area (TPSA) is 89.5 Å². The van der Waals surface area contributed by atoms with Gasteiger partial charge in [0.05, 0.1) is 10.5 Å². The van der Waals surface area contributed by atoms with E-state index >= 15 is 0 Å². The van der Waals surface area contributed by atoms with Gasteiger partial charge in [-0.25, -0.2) is 0 Å². The van der Waals surface area contributed by atoms with Crippen molar-refractivity contribution in [3.05, 3.63) is 33.9 Å². The van der Waals surface area contributed by atoms with Crippen LogP contribution in [0.25, 0.3) is 0 Å². The van der Waals surface area contributed by atoms with Crippen LogP contribution in [-0.4, -0.2) is 28.3 Å². The van der Waals surface area contributed by atoms with Crippen LogP contribution in [0.2, 0.25) is 0 Å². The Balaban J connectivity index is 2.33. The summed E-state index contributed by atoms with van der Waals surface area (Å²) in [4.78, 5) is 24.6. The van der Waals surface area contributed by atoms with Gasteiger partial charge in [-0.1, -0.05) is 6.92 Å². The van der Waals surface area contributed by atoms with Crippen LogP contribution in [0.1, 0.15) is 37.0 Å². The van der Waals surface area contributed by atoms with Crippen LogP contribution in [0.5, 0.6) is 0 Å². The molecule has 1 aromatic carbocycles. The van der Waals surface area contributed by atoms with Crippen LogP contribution >= 0.6 is 0 Å². The lowest BCUT2D eigenvalue weighted by molar-refractivity contribution is -0.384. The summed E-state index contributed by atoms with van der Waals surface area (Å²) >= 11 is 0. The number of nitro benzene ring substituents is 1. The second kappa shape index (κ2) is 5.48. The molecule has 1 aliphatic heterocycles. The van der Waals surface area contributed by atoms with Gasteiger partial charge < -0.3 is 10.6 Å². The lowest BCUT2D eigenvalue weighted by Crippen LogP contribution is -2.46. The minimum absolute atomic E-state index is 0.111. The fraction of sp³-hybridized carbons (Fsp3) is 0.500. The molecule has 2 unspecified atom stereocenters. The van der Waals surface area contributed by atoms with E-state index in [2.05, 4.69) is 6.92 Å². The SMILES string of the molecule is CC1CCCN(C(=O)c2cc([N+](=O)[O-])ccc2N)C1C. The van der Waals surface area contributed by atoms with Crippen molar-refractivity contribution in [2.75, 3.05) is 12.3 Å². The van der Waals surface area contributed by atoms with Crippen LogP contribution in [0.3, 0.4) is 0 Å². The number of rotatable bonds is 2. The second-order valence-electron chi connectivity index (χ2n) is 5.39. The molecule has 2 N–H and O–H groups in total. The number of nitrogens with two attached hydrogens (primary N) is 1. The summed E-state index contributed by atoms with van der Waals surface area (Å²) in [7, 11) is 0. The average molecular weight is 277 g/mol. The highest BCUT2D eigenvalue weighted by Gasteiger charge is 2.30. The molecule has 0 saturated carbocycles. The van der Waals surface area contributed by atoms with Crippen LogP contribution in [0.4, 0.5) is 11.4 Å². The fourth-order valence-electron chi connectivity index (χ4n) is 2.62. The van der Waals surface area contributed by atoms with E-state index in [0.29, 0.717) is 12.5 Å². The van der Waals surface area contributed by atoms with Crippen molar-refractivity contribution >= 4 is 17.3 Å². The number of anilines is 1. The molecule has 1 aliphatic rings. The quantitative estimate of drug-likeness (QED) is 0.510. The van der Waals surface area contributed by atoms with Crippen molar-refractivity contribution in [3.8, 4) is 0 Å². The van der Waals surface area contributed by atoms with Crippen molar-refractivity contribution in [1.29, 1.82) is 0 Å². The Labute approximate surface area is 117 Å². The number of benzene rings is 1. The zero-order valence-corrected chi connectivity index (χ0v) is 11.7. The normalized spacial score (nSPS) is 22.6. The van der Waals surface area contributed by atoms with Gasteiger partial charge in [-0.2, -0.15) is 0 Å². The number of piperidine rings is 1. The first kappa shape index (κ1) is 14.3. The van der Waals surface area contributed by atoms with E-state index in [9.17, 15) is 14.9 Å². The molecule has 0 bridgehead atoms. The highest BCUT2D eigenvalue weighted by atomic mass is 16.6.